The highest BCUT2D eigenvalue weighted by atomic mass is 16.2. The van der Waals surface area contributed by atoms with E-state index in [1.54, 1.807) is 5.01 Å². The molecule has 74 valence electrons. The van der Waals surface area contributed by atoms with E-state index >= 15 is 0 Å². The van der Waals surface area contributed by atoms with E-state index in [4.69, 9.17) is 5.73 Å². The van der Waals surface area contributed by atoms with Crippen LogP contribution in [0.5, 0.6) is 0 Å². The number of hydrogen-bond donors (Lipinski definition) is 2. The van der Waals surface area contributed by atoms with Crippen molar-refractivity contribution < 1.29 is 4.79 Å². The van der Waals surface area contributed by atoms with Crippen molar-refractivity contribution in [3.05, 3.63) is 0 Å². The highest BCUT2D eigenvalue weighted by Gasteiger charge is 2.51. The molecule has 1 saturated carbocycles. The molecule has 0 bridgehead atoms. The van der Waals surface area contributed by atoms with E-state index in [-0.39, 0.29) is 17.5 Å². The number of carbonyl (C=O) groups excluding carboxylic acids is 1. The summed E-state index contributed by atoms with van der Waals surface area (Å²) in [6.07, 6.45) is 3.85. The Morgan fingerprint density at radius 3 is 2.85 bits per heavy atom. The van der Waals surface area contributed by atoms with Crippen molar-refractivity contribution in [3.63, 3.8) is 0 Å². The lowest BCUT2D eigenvalue weighted by Gasteiger charge is -2.18. The molecule has 1 heterocycles. The third-order valence-electron chi connectivity index (χ3n) is 2.82. The molecule has 0 radical (unpaired) electrons. The maximum atomic E-state index is 11.5. The number of nitrogens with two attached hydrogens (primary N) is 1. The normalized spacial score (nSPS) is 26.9. The minimum Gasteiger partial charge on any atom is -0.328 e. The van der Waals surface area contributed by atoms with Crippen LogP contribution in [-0.4, -0.2) is 29.0 Å². The quantitative estimate of drug-likeness (QED) is 0.647. The third kappa shape index (κ3) is 1.84. The molecule has 1 spiro atoms. The molecule has 2 fully saturated rings. The molecule has 4 heteroatoms. The minimum absolute atomic E-state index is 0.162. The Morgan fingerprint density at radius 1 is 1.69 bits per heavy atom. The first-order valence-electron chi connectivity index (χ1n) is 4.95. The zero-order valence-corrected chi connectivity index (χ0v) is 8.05. The van der Waals surface area contributed by atoms with Gasteiger partial charge in [-0.1, -0.05) is 0 Å². The fourth-order valence-electron chi connectivity index (χ4n) is 1.73. The second-order valence-electron chi connectivity index (χ2n) is 4.38. The van der Waals surface area contributed by atoms with Gasteiger partial charge in [0.05, 0.1) is 0 Å². The number of rotatable bonds is 3. The molecule has 0 aromatic carbocycles. The minimum atomic E-state index is 0.162. The van der Waals surface area contributed by atoms with Crippen LogP contribution < -0.4 is 11.2 Å². The van der Waals surface area contributed by atoms with Crippen LogP contribution in [0.4, 0.5) is 0 Å². The first-order valence-corrected chi connectivity index (χ1v) is 4.95. The average molecular weight is 183 g/mol. The van der Waals surface area contributed by atoms with Gasteiger partial charge >= 0.3 is 0 Å². The fourth-order valence-corrected chi connectivity index (χ4v) is 1.73. The molecule has 0 aromatic rings. The van der Waals surface area contributed by atoms with Crippen LogP contribution >= 0.6 is 0 Å². The van der Waals surface area contributed by atoms with E-state index < -0.39 is 0 Å². The molecule has 3 N–H and O–H groups in total. The van der Waals surface area contributed by atoms with Crippen molar-refractivity contribution in [1.29, 1.82) is 0 Å². The molecule has 4 nitrogen and oxygen atoms in total. The summed E-state index contributed by atoms with van der Waals surface area (Å²) in [5, 5.41) is 1.75. The summed E-state index contributed by atoms with van der Waals surface area (Å²) in [5.41, 5.74) is 9.07. The predicted octanol–water partition coefficient (Wildman–Crippen LogP) is -0.00680. The Bertz CT molecular complexity index is 223. The molecular weight excluding hydrogens is 166 g/mol. The van der Waals surface area contributed by atoms with E-state index in [1.165, 1.54) is 0 Å². The lowest BCUT2D eigenvalue weighted by atomic mass is 10.2. The van der Waals surface area contributed by atoms with Gasteiger partial charge in [-0.15, -0.1) is 0 Å². The number of hydrazine groups is 1. The van der Waals surface area contributed by atoms with Gasteiger partial charge in [0.2, 0.25) is 5.91 Å². The van der Waals surface area contributed by atoms with Crippen molar-refractivity contribution in [3.8, 4) is 0 Å². The molecular formula is C9H17N3O. The summed E-state index contributed by atoms with van der Waals surface area (Å²) in [7, 11) is 0. The maximum absolute atomic E-state index is 11.5. The predicted molar refractivity (Wildman–Crippen MR) is 49.7 cm³/mol. The van der Waals surface area contributed by atoms with Gasteiger partial charge in [0.15, 0.2) is 0 Å². The van der Waals surface area contributed by atoms with Gasteiger partial charge < -0.3 is 5.73 Å². The van der Waals surface area contributed by atoms with Crippen LogP contribution in [0.15, 0.2) is 0 Å². The average Bonchev–Trinajstić information content (AvgIpc) is 2.69. The fraction of sp³-hybridized carbons (Fsp3) is 0.889. The number of amides is 1. The van der Waals surface area contributed by atoms with Crippen LogP contribution in [0.1, 0.15) is 32.6 Å². The molecule has 1 amide bonds. The van der Waals surface area contributed by atoms with Gasteiger partial charge in [-0.05, 0) is 26.2 Å². The zero-order valence-electron chi connectivity index (χ0n) is 8.05. The molecule has 1 saturated heterocycles. The molecule has 0 aromatic heterocycles. The van der Waals surface area contributed by atoms with Crippen LogP contribution in [0, 0.1) is 0 Å². The molecule has 2 rings (SSSR count). The third-order valence-corrected chi connectivity index (χ3v) is 2.82. The Kier molecular flexibility index (Phi) is 2.04. The van der Waals surface area contributed by atoms with Crippen molar-refractivity contribution in [2.45, 2.75) is 44.2 Å². The van der Waals surface area contributed by atoms with Crippen LogP contribution in [0.25, 0.3) is 0 Å². The Balaban J connectivity index is 1.83. The smallest absolute Gasteiger partial charge is 0.238 e. The lowest BCUT2D eigenvalue weighted by molar-refractivity contribution is -0.129. The van der Waals surface area contributed by atoms with Gasteiger partial charge in [0.25, 0.3) is 0 Å². The number of carbonyl (C=O) groups is 1. The van der Waals surface area contributed by atoms with Crippen LogP contribution in [-0.2, 0) is 4.79 Å². The van der Waals surface area contributed by atoms with E-state index in [2.05, 4.69) is 5.43 Å². The second kappa shape index (κ2) is 2.96. The van der Waals surface area contributed by atoms with E-state index in [9.17, 15) is 4.79 Å². The Morgan fingerprint density at radius 2 is 2.38 bits per heavy atom. The highest BCUT2D eigenvalue weighted by molar-refractivity contribution is 5.80. The van der Waals surface area contributed by atoms with Gasteiger partial charge in [0, 0.05) is 24.5 Å². The summed E-state index contributed by atoms with van der Waals surface area (Å²) >= 11 is 0. The van der Waals surface area contributed by atoms with Crippen molar-refractivity contribution in [2.75, 3.05) is 6.54 Å². The molecule has 1 aliphatic heterocycles. The monoisotopic (exact) mass is 183 g/mol. The Labute approximate surface area is 78.4 Å². The molecule has 1 atom stereocenters. The van der Waals surface area contributed by atoms with Crippen LogP contribution in [0.2, 0.25) is 0 Å². The van der Waals surface area contributed by atoms with E-state index in [0.717, 1.165) is 25.8 Å². The van der Waals surface area contributed by atoms with Crippen molar-refractivity contribution >= 4 is 5.91 Å². The molecule has 1 unspecified atom stereocenters. The number of nitrogens with one attached hydrogen (secondary N) is 1. The molecule has 13 heavy (non-hydrogen) atoms. The summed E-state index contributed by atoms with van der Waals surface area (Å²) in [6, 6.07) is 0.172. The van der Waals surface area contributed by atoms with Gasteiger partial charge in [-0.25, -0.2) is 5.43 Å². The van der Waals surface area contributed by atoms with Crippen LogP contribution in [0.3, 0.4) is 0 Å². The van der Waals surface area contributed by atoms with E-state index in [1.807, 2.05) is 6.92 Å². The SMILES string of the molecule is CC(N)CCN1NC2(CC2)CC1=O. The summed E-state index contributed by atoms with van der Waals surface area (Å²) in [5.74, 6) is 0.234. The lowest BCUT2D eigenvalue weighted by Crippen LogP contribution is -2.40. The van der Waals surface area contributed by atoms with E-state index in [0.29, 0.717) is 6.42 Å². The highest BCUT2D eigenvalue weighted by Crippen LogP contribution is 2.42. The standard InChI is InChI=1S/C9H17N3O/c1-7(10)2-5-12-8(13)6-9(11-12)3-4-9/h7,11H,2-6,10H2,1H3. The van der Waals surface area contributed by atoms with Gasteiger partial charge in [0.1, 0.15) is 0 Å². The molecule has 2 aliphatic rings. The Hall–Kier alpha value is -0.610. The summed E-state index contributed by atoms with van der Waals surface area (Å²) < 4.78 is 0. The zero-order chi connectivity index (χ0) is 9.47. The first kappa shape index (κ1) is 8.97. The largest absolute Gasteiger partial charge is 0.328 e. The maximum Gasteiger partial charge on any atom is 0.238 e. The van der Waals surface area contributed by atoms with Crippen molar-refractivity contribution in [2.24, 2.45) is 5.73 Å². The number of hydrogen-bond acceptors (Lipinski definition) is 3. The van der Waals surface area contributed by atoms with Gasteiger partial charge in [-0.3, -0.25) is 9.80 Å². The van der Waals surface area contributed by atoms with Crippen molar-refractivity contribution in [1.82, 2.24) is 10.4 Å². The second-order valence-corrected chi connectivity index (χ2v) is 4.38. The summed E-state index contributed by atoms with van der Waals surface area (Å²) in [6.45, 7) is 2.71. The summed E-state index contributed by atoms with van der Waals surface area (Å²) in [4.78, 5) is 11.5. The topological polar surface area (TPSA) is 58.4 Å². The number of nitrogens with zero attached hydrogens (tertiary/aromatic N) is 1. The van der Waals surface area contributed by atoms with Gasteiger partial charge in [-0.2, -0.15) is 0 Å². The first-order chi connectivity index (χ1) is 6.11. The molecule has 1 aliphatic carbocycles.